The van der Waals surface area contributed by atoms with Gasteiger partial charge in [-0.15, -0.1) is 0 Å². The molecule has 7 nitrogen and oxygen atoms in total. The Labute approximate surface area is 189 Å². The van der Waals surface area contributed by atoms with Crippen molar-refractivity contribution in [3.63, 3.8) is 0 Å². The summed E-state index contributed by atoms with van der Waals surface area (Å²) in [5, 5.41) is 20.3. The molecular weight excluding hydrogens is 410 g/mol. The van der Waals surface area contributed by atoms with Crippen LogP contribution in [0, 0.1) is 17.3 Å². The molecule has 2 saturated carbocycles. The Kier molecular flexibility index (Phi) is 6.39. The first-order valence-electron chi connectivity index (χ1n) is 11.8. The summed E-state index contributed by atoms with van der Waals surface area (Å²) in [7, 11) is 1.62. The monoisotopic (exact) mass is 445 g/mol. The number of carbonyl (C=O) groups excluding carboxylic acids is 1. The molecule has 0 radical (unpaired) electrons. The predicted molar refractivity (Wildman–Crippen MR) is 119 cm³/mol. The summed E-state index contributed by atoms with van der Waals surface area (Å²) in [6, 6.07) is 5.83. The standard InChI is InChI=1S/C25H35NO6/c1-15(27)25(2)14-26(23(28)22(24(29)30)16-8-9-16)13-19(25)17-10-11-20(31-3)21(12-17)32-18-6-4-5-7-18/h10-12,15-16,18-19,22,27H,4-9,13-14H2,1-3H3,(H,29,30)/t15-,19+,22?,25+/m1/s1. The molecule has 4 rings (SSSR count). The minimum absolute atomic E-state index is 0.0655. The first-order chi connectivity index (χ1) is 15.2. The zero-order valence-corrected chi connectivity index (χ0v) is 19.3. The van der Waals surface area contributed by atoms with Gasteiger partial charge < -0.3 is 24.6 Å². The Morgan fingerprint density at radius 3 is 2.41 bits per heavy atom. The minimum atomic E-state index is -1.05. The molecule has 1 heterocycles. The Morgan fingerprint density at radius 2 is 1.84 bits per heavy atom. The highest BCUT2D eigenvalue weighted by atomic mass is 16.5. The number of aliphatic carboxylic acids is 1. The number of aliphatic hydroxyl groups is 1. The lowest BCUT2D eigenvalue weighted by Gasteiger charge is -2.34. The van der Waals surface area contributed by atoms with Gasteiger partial charge >= 0.3 is 5.97 Å². The number of likely N-dealkylation sites (tertiary alicyclic amines) is 1. The van der Waals surface area contributed by atoms with Crippen LogP contribution in [0.15, 0.2) is 18.2 Å². The van der Waals surface area contributed by atoms with Crippen LogP contribution in [0.25, 0.3) is 0 Å². The van der Waals surface area contributed by atoms with Crippen molar-refractivity contribution in [2.24, 2.45) is 17.3 Å². The van der Waals surface area contributed by atoms with Crippen molar-refractivity contribution in [2.45, 2.75) is 70.5 Å². The Hall–Kier alpha value is -2.28. The zero-order valence-electron chi connectivity index (χ0n) is 19.3. The molecule has 1 aromatic rings. The first kappa shape index (κ1) is 22.9. The van der Waals surface area contributed by atoms with Crippen LogP contribution in [0.1, 0.15) is 63.9 Å². The van der Waals surface area contributed by atoms with Crippen molar-refractivity contribution >= 4 is 11.9 Å². The molecule has 0 aromatic heterocycles. The fourth-order valence-electron chi connectivity index (χ4n) is 5.42. The van der Waals surface area contributed by atoms with Gasteiger partial charge in [0.1, 0.15) is 5.92 Å². The lowest BCUT2D eigenvalue weighted by Crippen LogP contribution is -2.42. The van der Waals surface area contributed by atoms with E-state index in [4.69, 9.17) is 9.47 Å². The average Bonchev–Trinajstić information content (AvgIpc) is 3.30. The Balaban J connectivity index is 1.62. The molecule has 4 atom stereocenters. The summed E-state index contributed by atoms with van der Waals surface area (Å²) >= 11 is 0. The lowest BCUT2D eigenvalue weighted by molar-refractivity contribution is -0.152. The SMILES string of the molecule is COc1ccc([C@@H]2CN(C(=O)C(C(=O)O)C3CC3)C[C@@]2(C)[C@@H](C)O)cc1OC1CCCC1. The summed E-state index contributed by atoms with van der Waals surface area (Å²) in [6.45, 7) is 4.43. The molecule has 3 aliphatic rings. The lowest BCUT2D eigenvalue weighted by atomic mass is 9.72. The van der Waals surface area contributed by atoms with Crippen LogP contribution >= 0.6 is 0 Å². The van der Waals surface area contributed by atoms with E-state index in [1.165, 1.54) is 0 Å². The van der Waals surface area contributed by atoms with Gasteiger partial charge in [-0.1, -0.05) is 13.0 Å². The van der Waals surface area contributed by atoms with Crippen LogP contribution in [0.3, 0.4) is 0 Å². The highest BCUT2D eigenvalue weighted by Gasteiger charge is 2.52. The van der Waals surface area contributed by atoms with Crippen molar-refractivity contribution in [3.8, 4) is 11.5 Å². The van der Waals surface area contributed by atoms with Crippen LogP contribution in [-0.4, -0.2) is 59.4 Å². The third kappa shape index (κ3) is 4.32. The van der Waals surface area contributed by atoms with Gasteiger partial charge in [-0.3, -0.25) is 9.59 Å². The number of benzene rings is 1. The van der Waals surface area contributed by atoms with Crippen molar-refractivity contribution in [2.75, 3.05) is 20.2 Å². The fraction of sp³-hybridized carbons (Fsp3) is 0.680. The van der Waals surface area contributed by atoms with E-state index in [0.29, 0.717) is 24.6 Å². The molecule has 1 saturated heterocycles. The van der Waals surface area contributed by atoms with Crippen molar-refractivity contribution in [1.29, 1.82) is 0 Å². The van der Waals surface area contributed by atoms with Crippen LogP contribution < -0.4 is 9.47 Å². The summed E-state index contributed by atoms with van der Waals surface area (Å²) in [6.07, 6.45) is 5.47. The molecule has 0 bridgehead atoms. The number of methoxy groups -OCH3 is 1. The second-order valence-corrected chi connectivity index (χ2v) is 10.0. The van der Waals surface area contributed by atoms with Gasteiger partial charge in [0.05, 0.1) is 19.3 Å². The van der Waals surface area contributed by atoms with Gasteiger partial charge in [0.25, 0.3) is 0 Å². The number of carboxylic acids is 1. The fourth-order valence-corrected chi connectivity index (χ4v) is 5.42. The molecule has 1 unspecified atom stereocenters. The first-order valence-corrected chi connectivity index (χ1v) is 11.8. The zero-order chi connectivity index (χ0) is 23.0. The quantitative estimate of drug-likeness (QED) is 0.595. The smallest absolute Gasteiger partial charge is 0.316 e. The van der Waals surface area contributed by atoms with Crippen LogP contribution in [0.5, 0.6) is 11.5 Å². The predicted octanol–water partition coefficient (Wildman–Crippen LogP) is 3.44. The van der Waals surface area contributed by atoms with Crippen molar-refractivity contribution in [1.82, 2.24) is 4.90 Å². The Bertz CT molecular complexity index is 860. The normalized spacial score (nSPS) is 27.9. The number of rotatable bonds is 8. The van der Waals surface area contributed by atoms with Gasteiger partial charge in [0.2, 0.25) is 5.91 Å². The highest BCUT2D eigenvalue weighted by molar-refractivity contribution is 5.97. The van der Waals surface area contributed by atoms with E-state index in [0.717, 1.165) is 44.1 Å². The van der Waals surface area contributed by atoms with Crippen LogP contribution in [0.2, 0.25) is 0 Å². The van der Waals surface area contributed by atoms with Crippen LogP contribution in [-0.2, 0) is 9.59 Å². The van der Waals surface area contributed by atoms with Gasteiger partial charge in [-0.05, 0) is 69.1 Å². The Morgan fingerprint density at radius 1 is 1.16 bits per heavy atom. The number of amides is 1. The van der Waals surface area contributed by atoms with E-state index in [1.807, 2.05) is 25.1 Å². The molecule has 32 heavy (non-hydrogen) atoms. The molecule has 176 valence electrons. The minimum Gasteiger partial charge on any atom is -0.493 e. The molecule has 2 N–H and O–H groups in total. The maximum atomic E-state index is 13.2. The second-order valence-electron chi connectivity index (χ2n) is 10.0. The number of hydrogen-bond acceptors (Lipinski definition) is 5. The largest absolute Gasteiger partial charge is 0.493 e. The van der Waals surface area contributed by atoms with Gasteiger partial charge in [0, 0.05) is 24.4 Å². The summed E-state index contributed by atoms with van der Waals surface area (Å²) in [4.78, 5) is 26.6. The summed E-state index contributed by atoms with van der Waals surface area (Å²) in [5.41, 5.74) is 0.373. The topological polar surface area (TPSA) is 96.3 Å². The number of nitrogens with zero attached hydrogens (tertiary/aromatic N) is 1. The molecule has 3 fully saturated rings. The van der Waals surface area contributed by atoms with E-state index >= 15 is 0 Å². The van der Waals surface area contributed by atoms with E-state index in [-0.39, 0.29) is 23.8 Å². The summed E-state index contributed by atoms with van der Waals surface area (Å²) < 4.78 is 11.8. The number of hydrogen-bond donors (Lipinski definition) is 2. The van der Waals surface area contributed by atoms with E-state index < -0.39 is 23.4 Å². The van der Waals surface area contributed by atoms with Gasteiger partial charge in [0.15, 0.2) is 11.5 Å². The van der Waals surface area contributed by atoms with Crippen molar-refractivity contribution in [3.05, 3.63) is 23.8 Å². The van der Waals surface area contributed by atoms with Gasteiger partial charge in [-0.25, -0.2) is 0 Å². The third-order valence-corrected chi connectivity index (χ3v) is 7.81. The molecule has 7 heteroatoms. The van der Waals surface area contributed by atoms with E-state index in [1.54, 1.807) is 18.9 Å². The maximum absolute atomic E-state index is 13.2. The van der Waals surface area contributed by atoms with Crippen molar-refractivity contribution < 1.29 is 29.3 Å². The molecule has 1 aliphatic heterocycles. The molecule has 2 aliphatic carbocycles. The molecule has 0 spiro atoms. The van der Waals surface area contributed by atoms with E-state index in [2.05, 4.69) is 0 Å². The molecular formula is C25H35NO6. The van der Waals surface area contributed by atoms with Crippen LogP contribution in [0.4, 0.5) is 0 Å². The number of ether oxygens (including phenoxy) is 2. The third-order valence-electron chi connectivity index (χ3n) is 7.81. The second kappa shape index (κ2) is 8.93. The molecule has 1 aromatic carbocycles. The maximum Gasteiger partial charge on any atom is 0.316 e. The average molecular weight is 446 g/mol. The van der Waals surface area contributed by atoms with Gasteiger partial charge in [-0.2, -0.15) is 0 Å². The molecule has 1 amide bonds. The highest BCUT2D eigenvalue weighted by Crippen LogP contribution is 2.48. The number of carbonyl (C=O) groups is 2. The number of carboxylic acid groups (broad SMARTS) is 1. The summed E-state index contributed by atoms with van der Waals surface area (Å²) in [5.74, 6) is -1.20. The van der Waals surface area contributed by atoms with E-state index in [9.17, 15) is 19.8 Å². The number of aliphatic hydroxyl groups excluding tert-OH is 1.